The monoisotopic (exact) mass is 361 g/mol. The Morgan fingerprint density at radius 3 is 2.63 bits per heavy atom. The molecule has 1 aromatic carbocycles. The van der Waals surface area contributed by atoms with Crippen molar-refractivity contribution in [2.24, 2.45) is 0 Å². The van der Waals surface area contributed by atoms with Gasteiger partial charge in [0.05, 0.1) is 28.9 Å². The topological polar surface area (TPSA) is 81.2 Å². The highest BCUT2D eigenvalue weighted by Gasteiger charge is 2.21. The fourth-order valence-corrected chi connectivity index (χ4v) is 3.04. The second-order valence-corrected chi connectivity index (χ2v) is 6.59. The van der Waals surface area contributed by atoms with Gasteiger partial charge >= 0.3 is 0 Å². The van der Waals surface area contributed by atoms with Crippen LogP contribution in [0.5, 0.6) is 0 Å². The summed E-state index contributed by atoms with van der Waals surface area (Å²) in [5, 5.41) is 7.62. The summed E-state index contributed by atoms with van der Waals surface area (Å²) in [5.41, 5.74) is 4.14. The predicted molar refractivity (Wildman–Crippen MR) is 101 cm³/mol. The summed E-state index contributed by atoms with van der Waals surface area (Å²) in [5.74, 6) is 0.348. The molecule has 0 unspecified atom stereocenters. The first-order valence-corrected chi connectivity index (χ1v) is 8.71. The number of aromatic nitrogens is 2. The van der Waals surface area contributed by atoms with Gasteiger partial charge in [0.2, 0.25) is 0 Å². The molecule has 136 valence electrons. The number of furan rings is 1. The molecule has 6 heteroatoms. The molecule has 0 fully saturated rings. The van der Waals surface area contributed by atoms with E-state index in [9.17, 15) is 4.79 Å². The zero-order chi connectivity index (χ0) is 19.0. The Hall–Kier alpha value is -3.41. The van der Waals surface area contributed by atoms with Crippen molar-refractivity contribution in [2.75, 3.05) is 0 Å². The number of pyridine rings is 1. The Morgan fingerprint density at radius 1 is 1.15 bits per heavy atom. The summed E-state index contributed by atoms with van der Waals surface area (Å²) < 4.78 is 10.7. The van der Waals surface area contributed by atoms with Gasteiger partial charge in [0.1, 0.15) is 5.69 Å². The van der Waals surface area contributed by atoms with Gasteiger partial charge in [-0.2, -0.15) is 0 Å². The third kappa shape index (κ3) is 3.21. The molecule has 27 heavy (non-hydrogen) atoms. The van der Waals surface area contributed by atoms with Crippen LogP contribution in [0.4, 0.5) is 0 Å². The molecule has 3 aromatic heterocycles. The maximum Gasteiger partial charge on any atom is 0.259 e. The zero-order valence-corrected chi connectivity index (χ0v) is 15.3. The minimum atomic E-state index is -0.213. The highest BCUT2D eigenvalue weighted by atomic mass is 16.5. The van der Waals surface area contributed by atoms with Gasteiger partial charge in [-0.05, 0) is 44.5 Å². The predicted octanol–water partition coefficient (Wildman–Crippen LogP) is 4.59. The third-order valence-electron chi connectivity index (χ3n) is 4.56. The molecule has 0 radical (unpaired) electrons. The Balaban J connectivity index is 1.72. The van der Waals surface area contributed by atoms with Crippen LogP contribution in [-0.2, 0) is 0 Å². The molecule has 0 saturated carbocycles. The molecule has 0 spiro atoms. The van der Waals surface area contributed by atoms with Crippen LogP contribution in [0.15, 0.2) is 57.7 Å². The summed E-state index contributed by atoms with van der Waals surface area (Å²) in [6, 6.07) is 13.2. The van der Waals surface area contributed by atoms with E-state index in [1.165, 1.54) is 5.56 Å². The molecule has 6 nitrogen and oxygen atoms in total. The number of fused-ring (bicyclic) bond motifs is 1. The van der Waals surface area contributed by atoms with E-state index in [4.69, 9.17) is 8.94 Å². The lowest BCUT2D eigenvalue weighted by Gasteiger charge is -2.15. The van der Waals surface area contributed by atoms with E-state index >= 15 is 0 Å². The number of nitrogens with zero attached hydrogens (tertiary/aromatic N) is 2. The molecule has 0 aliphatic heterocycles. The summed E-state index contributed by atoms with van der Waals surface area (Å²) in [4.78, 5) is 17.5. The quantitative estimate of drug-likeness (QED) is 0.575. The first kappa shape index (κ1) is 17.0. The molecule has 4 aromatic rings. The molecular weight excluding hydrogens is 342 g/mol. The molecule has 0 saturated heterocycles. The average molecular weight is 361 g/mol. The van der Waals surface area contributed by atoms with Crippen molar-refractivity contribution in [3.05, 3.63) is 71.1 Å². The van der Waals surface area contributed by atoms with Gasteiger partial charge in [-0.15, -0.1) is 0 Å². The van der Waals surface area contributed by atoms with E-state index in [1.54, 1.807) is 31.4 Å². The van der Waals surface area contributed by atoms with Gasteiger partial charge in [-0.25, -0.2) is 4.98 Å². The van der Waals surface area contributed by atoms with Gasteiger partial charge in [-0.3, -0.25) is 4.79 Å². The lowest BCUT2D eigenvalue weighted by Crippen LogP contribution is -2.27. The zero-order valence-electron chi connectivity index (χ0n) is 15.3. The number of benzene rings is 1. The number of hydrogen-bond acceptors (Lipinski definition) is 5. The van der Waals surface area contributed by atoms with Crippen molar-refractivity contribution in [1.82, 2.24) is 15.5 Å². The number of carbonyl (C=O) groups is 1. The molecule has 0 aliphatic rings. The molecule has 1 N–H and O–H groups in total. The van der Waals surface area contributed by atoms with Crippen molar-refractivity contribution in [3.63, 3.8) is 0 Å². The van der Waals surface area contributed by atoms with Crippen LogP contribution in [0.2, 0.25) is 0 Å². The number of carbonyl (C=O) groups excluding carboxylic acids is 1. The lowest BCUT2D eigenvalue weighted by atomic mass is 10.0. The van der Waals surface area contributed by atoms with Gasteiger partial charge in [0.15, 0.2) is 5.76 Å². The number of rotatable bonds is 4. The maximum absolute atomic E-state index is 13.0. The van der Waals surface area contributed by atoms with Crippen LogP contribution in [0.25, 0.3) is 22.6 Å². The molecule has 0 aliphatic carbocycles. The molecule has 4 rings (SSSR count). The minimum Gasteiger partial charge on any atom is -0.463 e. The molecular formula is C21H19N3O3. The van der Waals surface area contributed by atoms with E-state index in [1.807, 2.05) is 38.1 Å². The highest BCUT2D eigenvalue weighted by molar-refractivity contribution is 6.07. The Labute approximate surface area is 156 Å². The van der Waals surface area contributed by atoms with E-state index in [-0.39, 0.29) is 11.9 Å². The van der Waals surface area contributed by atoms with Gasteiger partial charge in [0.25, 0.3) is 11.6 Å². The minimum absolute atomic E-state index is 0.145. The fourth-order valence-electron chi connectivity index (χ4n) is 3.04. The summed E-state index contributed by atoms with van der Waals surface area (Å²) in [6.45, 7) is 5.78. The van der Waals surface area contributed by atoms with Crippen LogP contribution in [0.3, 0.4) is 0 Å². The van der Waals surface area contributed by atoms with Crippen LogP contribution in [-0.4, -0.2) is 16.0 Å². The maximum atomic E-state index is 13.0. The van der Waals surface area contributed by atoms with Crippen molar-refractivity contribution in [3.8, 4) is 11.5 Å². The average Bonchev–Trinajstić information content (AvgIpc) is 3.32. The fraction of sp³-hybridized carbons (Fsp3) is 0.190. The van der Waals surface area contributed by atoms with E-state index < -0.39 is 0 Å². The molecule has 1 amide bonds. The second kappa shape index (κ2) is 6.72. The van der Waals surface area contributed by atoms with Crippen LogP contribution >= 0.6 is 0 Å². The van der Waals surface area contributed by atoms with Crippen molar-refractivity contribution in [1.29, 1.82) is 0 Å². The normalized spacial score (nSPS) is 12.3. The largest absolute Gasteiger partial charge is 0.463 e. The SMILES string of the molecule is Cc1ccc([C@H](C)NC(=O)c2cc(-c3ccco3)nc3onc(C)c23)cc1. The second-order valence-electron chi connectivity index (χ2n) is 6.59. The summed E-state index contributed by atoms with van der Waals surface area (Å²) in [7, 11) is 0. The smallest absolute Gasteiger partial charge is 0.259 e. The van der Waals surface area contributed by atoms with Crippen LogP contribution in [0, 0.1) is 13.8 Å². The summed E-state index contributed by atoms with van der Waals surface area (Å²) >= 11 is 0. The van der Waals surface area contributed by atoms with Gasteiger partial charge in [-0.1, -0.05) is 35.0 Å². The Morgan fingerprint density at radius 2 is 1.93 bits per heavy atom. The number of nitrogens with one attached hydrogen (secondary N) is 1. The third-order valence-corrected chi connectivity index (χ3v) is 4.56. The summed E-state index contributed by atoms with van der Waals surface area (Å²) in [6.07, 6.45) is 1.56. The van der Waals surface area contributed by atoms with Gasteiger partial charge < -0.3 is 14.3 Å². The number of hydrogen-bond donors (Lipinski definition) is 1. The standard InChI is InChI=1S/C21H19N3O3/c1-12-6-8-15(9-7-12)13(2)22-20(25)16-11-17(18-5-4-10-26-18)23-21-19(16)14(3)24-27-21/h4-11,13H,1-3H3,(H,22,25)/t13-/m0/s1. The first-order valence-electron chi connectivity index (χ1n) is 8.71. The molecule has 0 bridgehead atoms. The van der Waals surface area contributed by atoms with Gasteiger partial charge in [0, 0.05) is 0 Å². The Kier molecular flexibility index (Phi) is 4.24. The van der Waals surface area contributed by atoms with E-state index in [0.29, 0.717) is 33.8 Å². The van der Waals surface area contributed by atoms with Crippen molar-refractivity contribution < 1.29 is 13.7 Å². The first-order chi connectivity index (χ1) is 13.0. The van der Waals surface area contributed by atoms with E-state index in [0.717, 1.165) is 5.56 Å². The van der Waals surface area contributed by atoms with Crippen molar-refractivity contribution >= 4 is 17.0 Å². The molecule has 1 atom stereocenters. The van der Waals surface area contributed by atoms with Crippen molar-refractivity contribution in [2.45, 2.75) is 26.8 Å². The highest BCUT2D eigenvalue weighted by Crippen LogP contribution is 2.27. The Bertz CT molecular complexity index is 1100. The lowest BCUT2D eigenvalue weighted by molar-refractivity contribution is 0.0941. The van der Waals surface area contributed by atoms with Crippen LogP contribution < -0.4 is 5.32 Å². The number of aryl methyl sites for hydroxylation is 2. The van der Waals surface area contributed by atoms with E-state index in [2.05, 4.69) is 15.5 Å². The van der Waals surface area contributed by atoms with Crippen LogP contribution in [0.1, 0.15) is 40.1 Å². The number of amides is 1. The molecule has 3 heterocycles.